The average molecular weight is 380 g/mol. The van der Waals surface area contributed by atoms with Gasteiger partial charge in [-0.3, -0.25) is 9.59 Å². The first-order valence-corrected chi connectivity index (χ1v) is 9.91. The number of hydrogen-bond acceptors (Lipinski definition) is 4. The van der Waals surface area contributed by atoms with E-state index in [1.54, 1.807) is 24.3 Å². The van der Waals surface area contributed by atoms with E-state index in [2.05, 4.69) is 12.1 Å². The lowest BCUT2D eigenvalue weighted by Gasteiger charge is -2.16. The van der Waals surface area contributed by atoms with Crippen LogP contribution < -0.4 is 10.5 Å². The zero-order valence-electron chi connectivity index (χ0n) is 16.3. The number of carbonyl (C=O) groups is 2. The lowest BCUT2D eigenvalue weighted by Crippen LogP contribution is -2.30. The molecule has 0 radical (unpaired) electrons. The second-order valence-electron chi connectivity index (χ2n) is 7.19. The molecule has 0 saturated carbocycles. The first kappa shape index (κ1) is 20.1. The topological polar surface area (TPSA) is 72.6 Å². The third kappa shape index (κ3) is 4.78. The lowest BCUT2D eigenvalue weighted by atomic mass is 9.89. The van der Waals surface area contributed by atoms with Crippen LogP contribution in [-0.4, -0.2) is 42.8 Å². The van der Waals surface area contributed by atoms with Crippen LogP contribution in [0.2, 0.25) is 0 Å². The maximum atomic E-state index is 12.7. The molecule has 2 N–H and O–H groups in total. The molecular weight excluding hydrogens is 352 g/mol. The van der Waals surface area contributed by atoms with Gasteiger partial charge in [-0.05, 0) is 49.2 Å². The first-order chi connectivity index (χ1) is 13.6. The molecule has 2 atom stereocenters. The Bertz CT molecular complexity index is 789. The Labute approximate surface area is 166 Å². The molecule has 0 spiro atoms. The van der Waals surface area contributed by atoms with E-state index in [1.165, 1.54) is 5.56 Å². The molecule has 2 aromatic carbocycles. The zero-order valence-corrected chi connectivity index (χ0v) is 16.3. The summed E-state index contributed by atoms with van der Waals surface area (Å²) in [7, 11) is 0. The largest absolute Gasteiger partial charge is 0.494 e. The van der Waals surface area contributed by atoms with Gasteiger partial charge in [-0.25, -0.2) is 0 Å². The molecule has 3 rings (SSSR count). The van der Waals surface area contributed by atoms with E-state index >= 15 is 0 Å². The van der Waals surface area contributed by atoms with Crippen LogP contribution in [0.4, 0.5) is 0 Å². The van der Waals surface area contributed by atoms with Crippen LogP contribution >= 0.6 is 0 Å². The van der Waals surface area contributed by atoms with E-state index in [0.717, 1.165) is 5.75 Å². The molecule has 1 fully saturated rings. The van der Waals surface area contributed by atoms with E-state index in [-0.39, 0.29) is 36.4 Å². The third-order valence-corrected chi connectivity index (χ3v) is 5.38. The monoisotopic (exact) mass is 380 g/mol. The summed E-state index contributed by atoms with van der Waals surface area (Å²) in [6.45, 7) is 4.38. The van der Waals surface area contributed by atoms with Crippen molar-refractivity contribution >= 4 is 11.7 Å². The minimum atomic E-state index is -0.0226. The van der Waals surface area contributed by atoms with Gasteiger partial charge in [-0.15, -0.1) is 0 Å². The number of nitrogens with two attached hydrogens (primary N) is 1. The van der Waals surface area contributed by atoms with Gasteiger partial charge in [0.05, 0.1) is 6.61 Å². The molecule has 5 nitrogen and oxygen atoms in total. The fraction of sp³-hybridized carbons (Fsp3) is 0.391. The van der Waals surface area contributed by atoms with Crippen molar-refractivity contribution in [2.75, 3.05) is 26.2 Å². The molecule has 1 aliphatic heterocycles. The number of nitrogens with zero attached hydrogens (tertiary/aromatic N) is 1. The van der Waals surface area contributed by atoms with Gasteiger partial charge >= 0.3 is 0 Å². The highest BCUT2D eigenvalue weighted by molar-refractivity contribution is 5.98. The Morgan fingerprint density at radius 3 is 2.39 bits per heavy atom. The highest BCUT2D eigenvalue weighted by Gasteiger charge is 2.35. The number of ketones is 1. The molecule has 0 unspecified atom stereocenters. The summed E-state index contributed by atoms with van der Waals surface area (Å²) in [6, 6.07) is 17.3. The molecule has 1 heterocycles. The van der Waals surface area contributed by atoms with Crippen molar-refractivity contribution in [2.24, 2.45) is 11.7 Å². The van der Waals surface area contributed by atoms with Gasteiger partial charge in [0.2, 0.25) is 5.91 Å². The minimum Gasteiger partial charge on any atom is -0.494 e. The van der Waals surface area contributed by atoms with E-state index in [0.29, 0.717) is 31.8 Å². The molecule has 1 aliphatic rings. The van der Waals surface area contributed by atoms with Crippen LogP contribution in [-0.2, 0) is 4.79 Å². The summed E-state index contributed by atoms with van der Waals surface area (Å²) in [5, 5.41) is 0. The summed E-state index contributed by atoms with van der Waals surface area (Å²) >= 11 is 0. The normalized spacial score (nSPS) is 18.9. The molecule has 0 aliphatic carbocycles. The van der Waals surface area contributed by atoms with Crippen LogP contribution in [0.1, 0.15) is 41.6 Å². The average Bonchev–Trinajstić information content (AvgIpc) is 3.18. The summed E-state index contributed by atoms with van der Waals surface area (Å²) < 4.78 is 5.39. The van der Waals surface area contributed by atoms with Crippen LogP contribution in [0.5, 0.6) is 5.75 Å². The van der Waals surface area contributed by atoms with Crippen LogP contribution in [0.3, 0.4) is 0 Å². The van der Waals surface area contributed by atoms with Crippen molar-refractivity contribution in [3.63, 3.8) is 0 Å². The summed E-state index contributed by atoms with van der Waals surface area (Å²) in [4.78, 5) is 26.9. The molecule has 0 aromatic heterocycles. The minimum absolute atomic E-state index is 0.0226. The van der Waals surface area contributed by atoms with Gasteiger partial charge in [-0.2, -0.15) is 0 Å². The van der Waals surface area contributed by atoms with Gasteiger partial charge < -0.3 is 15.4 Å². The Hall–Kier alpha value is -2.66. The summed E-state index contributed by atoms with van der Waals surface area (Å²) in [6.07, 6.45) is 0.442. The van der Waals surface area contributed by atoms with Gasteiger partial charge in [0.25, 0.3) is 0 Å². The number of carbonyl (C=O) groups excluding carboxylic acids is 2. The maximum absolute atomic E-state index is 12.7. The van der Waals surface area contributed by atoms with Crippen molar-refractivity contribution in [1.82, 2.24) is 4.90 Å². The second kappa shape index (κ2) is 9.51. The Morgan fingerprint density at radius 2 is 1.75 bits per heavy atom. The third-order valence-electron chi connectivity index (χ3n) is 5.38. The molecular formula is C23H28N2O3. The predicted octanol–water partition coefficient (Wildman–Crippen LogP) is 3.25. The molecule has 2 aromatic rings. The van der Waals surface area contributed by atoms with Crippen LogP contribution in [0.15, 0.2) is 54.6 Å². The van der Waals surface area contributed by atoms with Crippen molar-refractivity contribution < 1.29 is 14.3 Å². The Balaban J connectivity index is 1.55. The fourth-order valence-corrected chi connectivity index (χ4v) is 3.82. The predicted molar refractivity (Wildman–Crippen MR) is 109 cm³/mol. The van der Waals surface area contributed by atoms with Gasteiger partial charge in [0.15, 0.2) is 5.78 Å². The number of benzene rings is 2. The van der Waals surface area contributed by atoms with Crippen LogP contribution in [0, 0.1) is 5.92 Å². The quantitative estimate of drug-likeness (QED) is 0.714. The van der Waals surface area contributed by atoms with E-state index in [9.17, 15) is 9.59 Å². The van der Waals surface area contributed by atoms with Crippen LogP contribution in [0.25, 0.3) is 0 Å². The van der Waals surface area contributed by atoms with Crippen molar-refractivity contribution in [2.45, 2.75) is 25.7 Å². The Morgan fingerprint density at radius 1 is 1.04 bits per heavy atom. The number of ether oxygens (including phenoxy) is 1. The van der Waals surface area contributed by atoms with Gasteiger partial charge in [0, 0.05) is 37.4 Å². The van der Waals surface area contributed by atoms with E-state index in [4.69, 9.17) is 10.5 Å². The number of rotatable bonds is 8. The standard InChI is InChI=1S/C23H28N2O3/c1-2-28-20-10-8-18(9-11-20)22(26)12-13-23(27)25-15-19(14-24)21(16-25)17-6-4-3-5-7-17/h3-11,19,21H,2,12-16,24H2,1H3/t19-,21+/m1/s1. The first-order valence-electron chi connectivity index (χ1n) is 9.91. The second-order valence-corrected chi connectivity index (χ2v) is 7.19. The molecule has 28 heavy (non-hydrogen) atoms. The lowest BCUT2D eigenvalue weighted by molar-refractivity contribution is -0.130. The number of amides is 1. The smallest absolute Gasteiger partial charge is 0.223 e. The van der Waals surface area contributed by atoms with Crippen molar-refractivity contribution in [3.05, 3.63) is 65.7 Å². The molecule has 5 heteroatoms. The number of Topliss-reactive ketones (excluding diaryl/α,β-unsaturated/α-hetero) is 1. The fourth-order valence-electron chi connectivity index (χ4n) is 3.82. The zero-order chi connectivity index (χ0) is 19.9. The molecule has 1 amide bonds. The van der Waals surface area contributed by atoms with Crippen molar-refractivity contribution in [3.8, 4) is 5.75 Å². The number of likely N-dealkylation sites (tertiary alicyclic amines) is 1. The van der Waals surface area contributed by atoms with Gasteiger partial charge in [-0.1, -0.05) is 30.3 Å². The van der Waals surface area contributed by atoms with E-state index < -0.39 is 0 Å². The highest BCUT2D eigenvalue weighted by atomic mass is 16.5. The summed E-state index contributed by atoms with van der Waals surface area (Å²) in [5.41, 5.74) is 7.79. The van der Waals surface area contributed by atoms with Crippen molar-refractivity contribution in [1.29, 1.82) is 0 Å². The molecule has 1 saturated heterocycles. The molecule has 148 valence electrons. The maximum Gasteiger partial charge on any atom is 0.223 e. The Kier molecular flexibility index (Phi) is 6.82. The molecule has 0 bridgehead atoms. The SMILES string of the molecule is CCOc1ccc(C(=O)CCC(=O)N2C[C@@H](CN)[C@H](c3ccccc3)C2)cc1. The van der Waals surface area contributed by atoms with E-state index in [1.807, 2.05) is 30.0 Å². The number of hydrogen-bond donors (Lipinski definition) is 1. The van der Waals surface area contributed by atoms with Gasteiger partial charge in [0.1, 0.15) is 5.75 Å². The summed E-state index contributed by atoms with van der Waals surface area (Å²) in [5.74, 6) is 1.26. The highest BCUT2D eigenvalue weighted by Crippen LogP contribution is 2.32.